The monoisotopic (exact) mass is 248 g/mol. The molecule has 0 N–H and O–H groups in total. The van der Waals surface area contributed by atoms with Gasteiger partial charge in [0.25, 0.3) is 0 Å². The lowest BCUT2D eigenvalue weighted by atomic mass is 9.90. The molecular formula is C14H16O4. The Balaban J connectivity index is 2.95. The van der Waals surface area contributed by atoms with Crippen molar-refractivity contribution in [3.8, 4) is 0 Å². The minimum absolute atomic E-state index is 0.0155. The largest absolute Gasteiger partial charge is 0.460 e. The number of Topliss-reactive ketones (excluding diaryl/α,β-unsaturated/α-hetero) is 2. The summed E-state index contributed by atoms with van der Waals surface area (Å²) in [5.74, 6) is -2.44. The molecule has 0 aliphatic heterocycles. The maximum absolute atomic E-state index is 11.9. The van der Waals surface area contributed by atoms with Gasteiger partial charge in [0.15, 0.2) is 0 Å². The fraction of sp³-hybridized carbons (Fsp3) is 0.357. The Hall–Kier alpha value is -1.97. The van der Waals surface area contributed by atoms with Crippen molar-refractivity contribution in [3.05, 3.63) is 35.9 Å². The van der Waals surface area contributed by atoms with Crippen LogP contribution in [-0.2, 0) is 19.1 Å². The maximum Gasteiger partial charge on any atom is 0.375 e. The molecule has 0 saturated carbocycles. The van der Waals surface area contributed by atoms with Crippen molar-refractivity contribution in [3.63, 3.8) is 0 Å². The Labute approximate surface area is 106 Å². The SMILES string of the molecule is CCOC(=O)C(=O)C(CC(C)=O)c1ccccc1. The molecule has 1 aromatic carbocycles. The maximum atomic E-state index is 11.9. The molecule has 0 bridgehead atoms. The van der Waals surface area contributed by atoms with E-state index in [-0.39, 0.29) is 18.8 Å². The van der Waals surface area contributed by atoms with Crippen LogP contribution in [0, 0.1) is 0 Å². The first-order valence-electron chi connectivity index (χ1n) is 5.81. The summed E-state index contributed by atoms with van der Waals surface area (Å²) in [5, 5.41) is 0. The van der Waals surface area contributed by atoms with E-state index in [2.05, 4.69) is 4.74 Å². The molecule has 0 radical (unpaired) electrons. The molecule has 1 rings (SSSR count). The van der Waals surface area contributed by atoms with Crippen LogP contribution in [0.3, 0.4) is 0 Å². The summed E-state index contributed by atoms with van der Waals surface area (Å²) in [6, 6.07) is 8.79. The highest BCUT2D eigenvalue weighted by molar-refractivity contribution is 6.36. The fourth-order valence-electron chi connectivity index (χ4n) is 1.68. The normalized spacial score (nSPS) is 11.7. The van der Waals surface area contributed by atoms with Crippen LogP contribution in [0.25, 0.3) is 0 Å². The van der Waals surface area contributed by atoms with Crippen LogP contribution in [0.1, 0.15) is 31.7 Å². The van der Waals surface area contributed by atoms with Crippen molar-refractivity contribution in [1.29, 1.82) is 0 Å². The molecular weight excluding hydrogens is 232 g/mol. The molecule has 0 aliphatic carbocycles. The van der Waals surface area contributed by atoms with Gasteiger partial charge in [-0.15, -0.1) is 0 Å². The van der Waals surface area contributed by atoms with Crippen molar-refractivity contribution < 1.29 is 19.1 Å². The average Bonchev–Trinajstić information content (AvgIpc) is 2.36. The van der Waals surface area contributed by atoms with Gasteiger partial charge in [-0.1, -0.05) is 30.3 Å². The summed E-state index contributed by atoms with van der Waals surface area (Å²) < 4.78 is 4.69. The van der Waals surface area contributed by atoms with E-state index in [0.717, 1.165) is 0 Å². The summed E-state index contributed by atoms with van der Waals surface area (Å²) in [6.07, 6.45) is 0.0155. The zero-order chi connectivity index (χ0) is 13.5. The van der Waals surface area contributed by atoms with Crippen LogP contribution in [0.2, 0.25) is 0 Å². The number of ether oxygens (including phenoxy) is 1. The van der Waals surface area contributed by atoms with Crippen molar-refractivity contribution in [2.45, 2.75) is 26.2 Å². The van der Waals surface area contributed by atoms with Gasteiger partial charge in [0.2, 0.25) is 5.78 Å². The summed E-state index contributed by atoms with van der Waals surface area (Å²) in [4.78, 5) is 34.6. The second-order valence-electron chi connectivity index (χ2n) is 3.95. The molecule has 96 valence electrons. The number of hydrogen-bond donors (Lipinski definition) is 0. The van der Waals surface area contributed by atoms with Gasteiger partial charge in [0, 0.05) is 6.42 Å². The molecule has 0 heterocycles. The Kier molecular flexibility index (Phi) is 5.24. The van der Waals surface area contributed by atoms with Gasteiger partial charge < -0.3 is 4.74 Å². The molecule has 1 unspecified atom stereocenters. The highest BCUT2D eigenvalue weighted by Gasteiger charge is 2.28. The van der Waals surface area contributed by atoms with E-state index in [1.807, 2.05) is 6.07 Å². The smallest absolute Gasteiger partial charge is 0.375 e. The van der Waals surface area contributed by atoms with Gasteiger partial charge in [-0.05, 0) is 19.4 Å². The first-order valence-corrected chi connectivity index (χ1v) is 5.81. The second kappa shape index (κ2) is 6.69. The van der Waals surface area contributed by atoms with E-state index in [1.165, 1.54) is 6.92 Å². The van der Waals surface area contributed by atoms with Crippen LogP contribution < -0.4 is 0 Å². The summed E-state index contributed by atoms with van der Waals surface area (Å²) >= 11 is 0. The van der Waals surface area contributed by atoms with E-state index in [9.17, 15) is 14.4 Å². The Morgan fingerprint density at radius 1 is 1.17 bits per heavy atom. The number of carbonyl (C=O) groups is 3. The third-order valence-corrected chi connectivity index (χ3v) is 2.49. The Bertz CT molecular complexity index is 436. The molecule has 0 aliphatic rings. The van der Waals surface area contributed by atoms with Gasteiger partial charge >= 0.3 is 5.97 Å². The minimum Gasteiger partial charge on any atom is -0.460 e. The number of rotatable bonds is 6. The lowest BCUT2D eigenvalue weighted by Crippen LogP contribution is -2.26. The van der Waals surface area contributed by atoms with E-state index in [1.54, 1.807) is 31.2 Å². The molecule has 0 amide bonds. The van der Waals surface area contributed by atoms with Crippen molar-refractivity contribution in [2.75, 3.05) is 6.61 Å². The quantitative estimate of drug-likeness (QED) is 0.569. The lowest BCUT2D eigenvalue weighted by molar-refractivity contribution is -0.154. The van der Waals surface area contributed by atoms with Gasteiger partial charge in [0.1, 0.15) is 5.78 Å². The summed E-state index contributed by atoms with van der Waals surface area (Å²) in [6.45, 7) is 3.17. The highest BCUT2D eigenvalue weighted by atomic mass is 16.5. The number of hydrogen-bond acceptors (Lipinski definition) is 4. The third-order valence-electron chi connectivity index (χ3n) is 2.49. The molecule has 0 fully saturated rings. The zero-order valence-corrected chi connectivity index (χ0v) is 10.5. The fourth-order valence-corrected chi connectivity index (χ4v) is 1.68. The standard InChI is InChI=1S/C14H16O4/c1-3-18-14(17)13(16)12(9-10(2)15)11-7-5-4-6-8-11/h4-8,12H,3,9H2,1-2H3. The van der Waals surface area contributed by atoms with Crippen LogP contribution in [-0.4, -0.2) is 24.1 Å². The summed E-state index contributed by atoms with van der Waals surface area (Å²) in [7, 11) is 0. The molecule has 4 nitrogen and oxygen atoms in total. The van der Waals surface area contributed by atoms with Crippen LogP contribution in [0.5, 0.6) is 0 Å². The second-order valence-corrected chi connectivity index (χ2v) is 3.95. The van der Waals surface area contributed by atoms with Crippen LogP contribution >= 0.6 is 0 Å². The number of benzene rings is 1. The predicted molar refractivity (Wildman–Crippen MR) is 66.1 cm³/mol. The average molecular weight is 248 g/mol. The molecule has 1 atom stereocenters. The molecule has 0 saturated heterocycles. The topological polar surface area (TPSA) is 60.4 Å². The van der Waals surface area contributed by atoms with E-state index < -0.39 is 17.7 Å². The molecule has 0 aromatic heterocycles. The Morgan fingerprint density at radius 2 is 1.78 bits per heavy atom. The van der Waals surface area contributed by atoms with Crippen molar-refractivity contribution in [2.24, 2.45) is 0 Å². The van der Waals surface area contributed by atoms with E-state index in [0.29, 0.717) is 5.56 Å². The molecule has 4 heteroatoms. The van der Waals surface area contributed by atoms with Crippen molar-refractivity contribution in [1.82, 2.24) is 0 Å². The molecule has 0 spiro atoms. The van der Waals surface area contributed by atoms with Gasteiger partial charge in [-0.3, -0.25) is 9.59 Å². The first kappa shape index (κ1) is 14.1. The van der Waals surface area contributed by atoms with Gasteiger partial charge in [-0.25, -0.2) is 4.79 Å². The first-order chi connectivity index (χ1) is 8.56. The molecule has 1 aromatic rings. The Morgan fingerprint density at radius 3 is 2.28 bits per heavy atom. The van der Waals surface area contributed by atoms with Crippen LogP contribution in [0.4, 0.5) is 0 Å². The minimum atomic E-state index is -0.882. The molecule has 18 heavy (non-hydrogen) atoms. The zero-order valence-electron chi connectivity index (χ0n) is 10.5. The van der Waals surface area contributed by atoms with Crippen molar-refractivity contribution >= 4 is 17.5 Å². The van der Waals surface area contributed by atoms with E-state index >= 15 is 0 Å². The number of esters is 1. The van der Waals surface area contributed by atoms with Crippen LogP contribution in [0.15, 0.2) is 30.3 Å². The highest BCUT2D eigenvalue weighted by Crippen LogP contribution is 2.21. The predicted octanol–water partition coefficient (Wildman–Crippen LogP) is 1.88. The number of ketones is 2. The lowest BCUT2D eigenvalue weighted by Gasteiger charge is -2.13. The third kappa shape index (κ3) is 3.80. The summed E-state index contributed by atoms with van der Waals surface area (Å²) in [5.41, 5.74) is 0.658. The van der Waals surface area contributed by atoms with Gasteiger partial charge in [-0.2, -0.15) is 0 Å². The van der Waals surface area contributed by atoms with E-state index in [4.69, 9.17) is 0 Å². The van der Waals surface area contributed by atoms with Gasteiger partial charge in [0.05, 0.1) is 12.5 Å². The number of carbonyl (C=O) groups excluding carboxylic acids is 3.